The molecule has 0 saturated carbocycles. The first-order valence-electron chi connectivity index (χ1n) is 7.13. The summed E-state index contributed by atoms with van der Waals surface area (Å²) in [4.78, 5) is 12.3. The molecular formula is C16H17ClN4O2. The summed E-state index contributed by atoms with van der Waals surface area (Å²) in [6.45, 7) is 5.57. The minimum absolute atomic E-state index is 0.129. The minimum Gasteiger partial charge on any atom is -0.479 e. The number of ether oxygens (including phenoxy) is 1. The molecule has 1 aromatic heterocycles. The van der Waals surface area contributed by atoms with Crippen molar-refractivity contribution in [2.75, 3.05) is 5.32 Å². The standard InChI is InChI=1S/C16H17ClN4O2/c1-10(2)21-15(6-7-19-21)20-16(22)11(3)23-14-5-4-12(9-18)8-13(14)17/h4-8,10-11H,1-3H3,(H,20,22). The Morgan fingerprint density at radius 3 is 2.74 bits per heavy atom. The lowest BCUT2D eigenvalue weighted by Crippen LogP contribution is -2.31. The van der Waals surface area contributed by atoms with E-state index < -0.39 is 6.10 Å². The van der Waals surface area contributed by atoms with Gasteiger partial charge >= 0.3 is 0 Å². The number of hydrogen-bond acceptors (Lipinski definition) is 4. The van der Waals surface area contributed by atoms with Crippen LogP contribution < -0.4 is 10.1 Å². The van der Waals surface area contributed by atoms with Crippen molar-refractivity contribution in [3.63, 3.8) is 0 Å². The lowest BCUT2D eigenvalue weighted by molar-refractivity contribution is -0.122. The smallest absolute Gasteiger partial charge is 0.266 e. The van der Waals surface area contributed by atoms with Crippen LogP contribution in [-0.2, 0) is 4.79 Å². The molecule has 1 heterocycles. The number of nitrogens with one attached hydrogen (secondary N) is 1. The fraction of sp³-hybridized carbons (Fsp3) is 0.312. The second kappa shape index (κ2) is 7.16. The molecule has 1 unspecified atom stereocenters. The Balaban J connectivity index is 2.06. The van der Waals surface area contributed by atoms with E-state index in [1.54, 1.807) is 36.0 Å². The zero-order valence-electron chi connectivity index (χ0n) is 13.1. The number of rotatable bonds is 5. The predicted molar refractivity (Wildman–Crippen MR) is 87.5 cm³/mol. The summed E-state index contributed by atoms with van der Waals surface area (Å²) >= 11 is 6.04. The van der Waals surface area contributed by atoms with Crippen molar-refractivity contribution >= 4 is 23.3 Å². The summed E-state index contributed by atoms with van der Waals surface area (Å²) in [6.07, 6.45) is 0.870. The van der Waals surface area contributed by atoms with E-state index in [-0.39, 0.29) is 17.0 Å². The van der Waals surface area contributed by atoms with Gasteiger partial charge in [0.15, 0.2) is 6.10 Å². The van der Waals surface area contributed by atoms with Crippen LogP contribution in [0.5, 0.6) is 5.75 Å². The maximum absolute atomic E-state index is 12.3. The van der Waals surface area contributed by atoms with Gasteiger partial charge in [0, 0.05) is 12.1 Å². The molecule has 7 heteroatoms. The largest absolute Gasteiger partial charge is 0.479 e. The van der Waals surface area contributed by atoms with Crippen LogP contribution in [0.3, 0.4) is 0 Å². The predicted octanol–water partition coefficient (Wildman–Crippen LogP) is 3.40. The molecule has 1 amide bonds. The Kier molecular flexibility index (Phi) is 5.24. The van der Waals surface area contributed by atoms with E-state index in [4.69, 9.17) is 21.6 Å². The van der Waals surface area contributed by atoms with Gasteiger partial charge in [-0.15, -0.1) is 0 Å². The van der Waals surface area contributed by atoms with Gasteiger partial charge in [-0.25, -0.2) is 4.68 Å². The SMILES string of the molecule is CC(Oc1ccc(C#N)cc1Cl)C(=O)Nc1ccnn1C(C)C. The van der Waals surface area contributed by atoms with E-state index in [0.717, 1.165) is 0 Å². The van der Waals surface area contributed by atoms with Crippen molar-refractivity contribution < 1.29 is 9.53 Å². The van der Waals surface area contributed by atoms with Crippen molar-refractivity contribution in [2.45, 2.75) is 32.9 Å². The molecule has 120 valence electrons. The number of nitriles is 1. The van der Waals surface area contributed by atoms with Crippen molar-refractivity contribution in [1.29, 1.82) is 5.26 Å². The highest BCUT2D eigenvalue weighted by atomic mass is 35.5. The maximum Gasteiger partial charge on any atom is 0.266 e. The first-order valence-corrected chi connectivity index (χ1v) is 7.51. The molecule has 1 atom stereocenters. The van der Waals surface area contributed by atoms with Crippen molar-refractivity contribution in [3.8, 4) is 11.8 Å². The van der Waals surface area contributed by atoms with Crippen molar-refractivity contribution in [3.05, 3.63) is 41.0 Å². The summed E-state index contributed by atoms with van der Waals surface area (Å²) in [6, 6.07) is 8.49. The molecule has 1 N–H and O–H groups in total. The lowest BCUT2D eigenvalue weighted by Gasteiger charge is -2.17. The highest BCUT2D eigenvalue weighted by Gasteiger charge is 2.18. The number of benzene rings is 1. The number of amides is 1. The van der Waals surface area contributed by atoms with Gasteiger partial charge < -0.3 is 10.1 Å². The third kappa shape index (κ3) is 4.02. The van der Waals surface area contributed by atoms with Gasteiger partial charge in [-0.1, -0.05) is 11.6 Å². The number of carbonyl (C=O) groups excluding carboxylic acids is 1. The van der Waals surface area contributed by atoms with E-state index in [1.807, 2.05) is 19.9 Å². The minimum atomic E-state index is -0.754. The topological polar surface area (TPSA) is 79.9 Å². The van der Waals surface area contributed by atoms with Gasteiger partial charge in [0.2, 0.25) is 0 Å². The normalized spacial score (nSPS) is 11.8. The Morgan fingerprint density at radius 2 is 2.13 bits per heavy atom. The Bertz CT molecular complexity index is 749. The molecule has 0 bridgehead atoms. The van der Waals surface area contributed by atoms with Gasteiger partial charge in [-0.2, -0.15) is 10.4 Å². The third-order valence-corrected chi connectivity index (χ3v) is 3.44. The molecule has 1 aromatic carbocycles. The molecule has 0 aliphatic carbocycles. The monoisotopic (exact) mass is 332 g/mol. The Morgan fingerprint density at radius 1 is 1.39 bits per heavy atom. The Hall–Kier alpha value is -2.52. The van der Waals surface area contributed by atoms with Gasteiger partial charge in [0.05, 0.1) is 22.9 Å². The quantitative estimate of drug-likeness (QED) is 0.910. The first-order chi connectivity index (χ1) is 10.9. The molecule has 6 nitrogen and oxygen atoms in total. The van der Waals surface area contributed by atoms with Gasteiger partial charge in [-0.05, 0) is 39.0 Å². The van der Waals surface area contributed by atoms with Crippen molar-refractivity contribution in [1.82, 2.24) is 9.78 Å². The molecule has 23 heavy (non-hydrogen) atoms. The zero-order valence-corrected chi connectivity index (χ0v) is 13.8. The van der Waals surface area contributed by atoms with E-state index in [2.05, 4.69) is 10.4 Å². The maximum atomic E-state index is 12.3. The molecular weight excluding hydrogens is 316 g/mol. The summed E-state index contributed by atoms with van der Waals surface area (Å²) in [5.41, 5.74) is 0.431. The molecule has 2 aromatic rings. The van der Waals surface area contributed by atoms with Crippen LogP contribution in [0.4, 0.5) is 5.82 Å². The molecule has 0 aliphatic rings. The molecule has 0 fully saturated rings. The van der Waals surface area contributed by atoms with Crippen LogP contribution in [-0.4, -0.2) is 21.8 Å². The first kappa shape index (κ1) is 16.8. The van der Waals surface area contributed by atoms with Crippen molar-refractivity contribution in [2.24, 2.45) is 0 Å². The van der Waals surface area contributed by atoms with Gasteiger partial charge in [0.1, 0.15) is 11.6 Å². The molecule has 0 spiro atoms. The van der Waals surface area contributed by atoms with Crippen LogP contribution in [0.15, 0.2) is 30.5 Å². The van der Waals surface area contributed by atoms with E-state index in [1.165, 1.54) is 6.07 Å². The second-order valence-corrected chi connectivity index (χ2v) is 5.67. The van der Waals surface area contributed by atoms with Crippen LogP contribution in [0.25, 0.3) is 0 Å². The van der Waals surface area contributed by atoms with Gasteiger partial charge in [0.25, 0.3) is 5.91 Å². The molecule has 0 saturated heterocycles. The zero-order chi connectivity index (χ0) is 17.0. The highest BCUT2D eigenvalue weighted by molar-refractivity contribution is 6.32. The molecule has 0 radical (unpaired) electrons. The summed E-state index contributed by atoms with van der Waals surface area (Å²) in [5.74, 6) is 0.643. The lowest BCUT2D eigenvalue weighted by atomic mass is 10.2. The number of aromatic nitrogens is 2. The number of carbonyl (C=O) groups is 1. The van der Waals surface area contributed by atoms with E-state index >= 15 is 0 Å². The Labute approximate surface area is 139 Å². The average Bonchev–Trinajstić information content (AvgIpc) is 2.97. The number of anilines is 1. The van der Waals surface area contributed by atoms with Crippen LogP contribution in [0.2, 0.25) is 5.02 Å². The van der Waals surface area contributed by atoms with Gasteiger partial charge in [-0.3, -0.25) is 4.79 Å². The van der Waals surface area contributed by atoms with Crippen LogP contribution in [0.1, 0.15) is 32.4 Å². The van der Waals surface area contributed by atoms with E-state index in [0.29, 0.717) is 17.1 Å². The summed E-state index contributed by atoms with van der Waals surface area (Å²) in [5, 5.41) is 16.0. The fourth-order valence-electron chi connectivity index (χ4n) is 1.96. The second-order valence-electron chi connectivity index (χ2n) is 5.26. The average molecular weight is 333 g/mol. The third-order valence-electron chi connectivity index (χ3n) is 3.14. The fourth-order valence-corrected chi connectivity index (χ4v) is 2.19. The number of nitrogens with zero attached hydrogens (tertiary/aromatic N) is 3. The summed E-state index contributed by atoms with van der Waals surface area (Å²) in [7, 11) is 0. The highest BCUT2D eigenvalue weighted by Crippen LogP contribution is 2.26. The number of halogens is 1. The molecule has 0 aliphatic heterocycles. The number of hydrogen-bond donors (Lipinski definition) is 1. The van der Waals surface area contributed by atoms with Crippen LogP contribution in [0, 0.1) is 11.3 Å². The van der Waals surface area contributed by atoms with Crippen LogP contribution >= 0.6 is 11.6 Å². The van der Waals surface area contributed by atoms with E-state index in [9.17, 15) is 4.79 Å². The molecule has 2 rings (SSSR count). The summed E-state index contributed by atoms with van der Waals surface area (Å²) < 4.78 is 7.28.